The van der Waals surface area contributed by atoms with Crippen molar-refractivity contribution < 1.29 is 4.79 Å². The molecule has 3 rings (SSSR count). The van der Waals surface area contributed by atoms with Gasteiger partial charge in [0.2, 0.25) is 0 Å². The number of nitrogens with one attached hydrogen (secondary N) is 1. The molecule has 0 spiro atoms. The van der Waals surface area contributed by atoms with Crippen LogP contribution in [0.15, 0.2) is 53.0 Å². The molecule has 1 unspecified atom stereocenters. The van der Waals surface area contributed by atoms with Crippen LogP contribution in [0.2, 0.25) is 0 Å². The van der Waals surface area contributed by atoms with E-state index in [-0.39, 0.29) is 0 Å². The molecule has 3 heteroatoms. The monoisotopic (exact) mass is 387 g/mol. The Balaban J connectivity index is 0.000000231. The number of hydrogen-bond donors (Lipinski definition) is 1. The number of benzene rings is 1. The SMILES string of the molecule is C1CCNCC1.CSC1=C(CCC=O)CCC(C)C=C1.Cc1ccccc1. The predicted octanol–water partition coefficient (Wildman–Crippen LogP) is 6.32. The van der Waals surface area contributed by atoms with Gasteiger partial charge in [-0.1, -0.05) is 67.0 Å². The van der Waals surface area contributed by atoms with Gasteiger partial charge >= 0.3 is 0 Å². The Morgan fingerprint density at radius 3 is 2.30 bits per heavy atom. The van der Waals surface area contributed by atoms with Crippen LogP contribution in [-0.2, 0) is 4.79 Å². The number of carbonyl (C=O) groups excluding carboxylic acids is 1. The Morgan fingerprint density at radius 2 is 1.85 bits per heavy atom. The van der Waals surface area contributed by atoms with Crippen molar-refractivity contribution in [3.63, 3.8) is 0 Å². The topological polar surface area (TPSA) is 29.1 Å². The summed E-state index contributed by atoms with van der Waals surface area (Å²) in [5.41, 5.74) is 2.78. The van der Waals surface area contributed by atoms with E-state index >= 15 is 0 Å². The number of hydrogen-bond acceptors (Lipinski definition) is 3. The standard InChI is InChI=1S/C12H18OS.C7H8.C5H11N/c1-10-5-7-11(4-3-9-13)12(14-2)8-6-10;1-7-5-3-2-4-6-7;1-2-4-6-5-3-1/h6,8-10H,3-5,7H2,1-2H3;2-6H,1H3;6H,1-5H2. The van der Waals surface area contributed by atoms with Gasteiger partial charge in [0, 0.05) is 11.3 Å². The highest BCUT2D eigenvalue weighted by atomic mass is 32.2. The predicted molar refractivity (Wildman–Crippen MR) is 121 cm³/mol. The molecule has 1 N–H and O–H groups in total. The molecule has 1 saturated heterocycles. The van der Waals surface area contributed by atoms with Gasteiger partial charge in [0.15, 0.2) is 0 Å². The smallest absolute Gasteiger partial charge is 0.120 e. The Kier molecular flexibility index (Phi) is 13.8. The van der Waals surface area contributed by atoms with Gasteiger partial charge < -0.3 is 10.1 Å². The lowest BCUT2D eigenvalue weighted by Gasteiger charge is -2.08. The lowest BCUT2D eigenvalue weighted by atomic mass is 10.0. The van der Waals surface area contributed by atoms with Crippen molar-refractivity contribution in [3.05, 3.63) is 58.5 Å². The maximum atomic E-state index is 10.3. The van der Waals surface area contributed by atoms with E-state index in [0.29, 0.717) is 12.3 Å². The maximum Gasteiger partial charge on any atom is 0.120 e. The van der Waals surface area contributed by atoms with Gasteiger partial charge in [-0.3, -0.25) is 0 Å². The highest BCUT2D eigenvalue weighted by Gasteiger charge is 2.10. The number of piperidine rings is 1. The molecule has 0 amide bonds. The van der Waals surface area contributed by atoms with Gasteiger partial charge in [0.25, 0.3) is 0 Å². The zero-order valence-corrected chi connectivity index (χ0v) is 18.2. The van der Waals surface area contributed by atoms with Crippen LogP contribution in [-0.4, -0.2) is 25.6 Å². The van der Waals surface area contributed by atoms with Crippen LogP contribution < -0.4 is 5.32 Å². The summed E-state index contributed by atoms with van der Waals surface area (Å²) < 4.78 is 0. The third-order valence-corrected chi connectivity index (χ3v) is 5.62. The van der Waals surface area contributed by atoms with Crippen molar-refractivity contribution in [1.29, 1.82) is 0 Å². The number of aldehydes is 1. The second-order valence-corrected chi connectivity index (χ2v) is 8.07. The Hall–Kier alpha value is -1.32. The van der Waals surface area contributed by atoms with Crippen LogP contribution >= 0.6 is 11.8 Å². The van der Waals surface area contributed by atoms with Crippen molar-refractivity contribution in [2.75, 3.05) is 19.3 Å². The Labute approximate surface area is 170 Å². The van der Waals surface area contributed by atoms with Gasteiger partial charge in [0.05, 0.1) is 0 Å². The fourth-order valence-electron chi connectivity index (χ4n) is 3.02. The largest absolute Gasteiger partial charge is 0.317 e. The van der Waals surface area contributed by atoms with E-state index in [1.807, 2.05) is 18.2 Å². The quantitative estimate of drug-likeness (QED) is 0.613. The summed E-state index contributed by atoms with van der Waals surface area (Å²) in [7, 11) is 0. The summed E-state index contributed by atoms with van der Waals surface area (Å²) in [6.07, 6.45) is 15.8. The molecule has 1 atom stereocenters. The summed E-state index contributed by atoms with van der Waals surface area (Å²) >= 11 is 1.80. The van der Waals surface area contributed by atoms with E-state index in [1.54, 1.807) is 11.8 Å². The Bertz CT molecular complexity index is 549. The molecule has 0 bridgehead atoms. The van der Waals surface area contributed by atoms with E-state index in [4.69, 9.17) is 0 Å². The summed E-state index contributed by atoms with van der Waals surface area (Å²) in [5, 5.41) is 3.28. The van der Waals surface area contributed by atoms with Crippen LogP contribution in [0, 0.1) is 12.8 Å². The number of aryl methyl sites for hydroxylation is 1. The van der Waals surface area contributed by atoms with Crippen molar-refractivity contribution in [2.45, 2.75) is 58.8 Å². The summed E-state index contributed by atoms with van der Waals surface area (Å²) in [5.74, 6) is 0.672. The highest BCUT2D eigenvalue weighted by Crippen LogP contribution is 2.30. The first kappa shape index (κ1) is 23.7. The third kappa shape index (κ3) is 11.9. The van der Waals surface area contributed by atoms with E-state index in [0.717, 1.165) is 19.1 Å². The molecule has 0 radical (unpaired) electrons. The Morgan fingerprint density at radius 1 is 1.15 bits per heavy atom. The second-order valence-electron chi connectivity index (χ2n) is 7.22. The molecule has 1 aliphatic heterocycles. The van der Waals surface area contributed by atoms with E-state index in [2.05, 4.69) is 49.7 Å². The summed E-state index contributed by atoms with van der Waals surface area (Å²) in [4.78, 5) is 11.7. The molecule has 2 nitrogen and oxygen atoms in total. The summed E-state index contributed by atoms with van der Waals surface area (Å²) in [6, 6.07) is 10.3. The normalized spacial score (nSPS) is 19.1. The number of rotatable bonds is 4. The number of thioether (sulfide) groups is 1. The second kappa shape index (κ2) is 15.7. The minimum absolute atomic E-state index is 0.668. The van der Waals surface area contributed by atoms with E-state index in [1.165, 1.54) is 54.8 Å². The fourth-order valence-corrected chi connectivity index (χ4v) is 3.73. The van der Waals surface area contributed by atoms with E-state index in [9.17, 15) is 4.79 Å². The van der Waals surface area contributed by atoms with Crippen LogP contribution in [0.3, 0.4) is 0 Å². The molecule has 1 aromatic rings. The average Bonchev–Trinajstić information content (AvgIpc) is 2.90. The van der Waals surface area contributed by atoms with Crippen LogP contribution in [0.5, 0.6) is 0 Å². The molecule has 1 fully saturated rings. The van der Waals surface area contributed by atoms with Gasteiger partial charge in [-0.05, 0) is 64.3 Å². The van der Waals surface area contributed by atoms with Crippen molar-refractivity contribution in [1.82, 2.24) is 5.32 Å². The molecule has 0 aromatic heterocycles. The lowest BCUT2D eigenvalue weighted by molar-refractivity contribution is -0.107. The average molecular weight is 388 g/mol. The fraction of sp³-hybridized carbons (Fsp3) is 0.542. The molecule has 1 aliphatic carbocycles. The zero-order chi connectivity index (χ0) is 19.7. The minimum Gasteiger partial charge on any atom is -0.317 e. The van der Waals surface area contributed by atoms with Gasteiger partial charge in [-0.15, -0.1) is 11.8 Å². The lowest BCUT2D eigenvalue weighted by Crippen LogP contribution is -2.21. The molecule has 1 aromatic carbocycles. The van der Waals surface area contributed by atoms with Crippen molar-refractivity contribution >= 4 is 18.0 Å². The number of allylic oxidation sites excluding steroid dienone is 3. The molecule has 150 valence electrons. The first-order chi connectivity index (χ1) is 13.2. The first-order valence-corrected chi connectivity index (χ1v) is 11.5. The van der Waals surface area contributed by atoms with Gasteiger partial charge in [-0.25, -0.2) is 0 Å². The highest BCUT2D eigenvalue weighted by molar-refractivity contribution is 8.02. The van der Waals surface area contributed by atoms with E-state index < -0.39 is 0 Å². The van der Waals surface area contributed by atoms with Crippen LogP contribution in [0.4, 0.5) is 0 Å². The molecule has 1 heterocycles. The third-order valence-electron chi connectivity index (χ3n) is 4.76. The maximum absolute atomic E-state index is 10.3. The summed E-state index contributed by atoms with van der Waals surface area (Å²) in [6.45, 7) is 6.83. The van der Waals surface area contributed by atoms with Crippen molar-refractivity contribution in [3.8, 4) is 0 Å². The van der Waals surface area contributed by atoms with Crippen LogP contribution in [0.25, 0.3) is 0 Å². The minimum atomic E-state index is 0.668. The zero-order valence-electron chi connectivity index (χ0n) is 17.4. The molecular formula is C24H37NOS. The molecule has 27 heavy (non-hydrogen) atoms. The van der Waals surface area contributed by atoms with Crippen LogP contribution in [0.1, 0.15) is 57.4 Å². The van der Waals surface area contributed by atoms with Gasteiger partial charge in [-0.2, -0.15) is 0 Å². The molecular weight excluding hydrogens is 350 g/mol. The molecule has 2 aliphatic rings. The van der Waals surface area contributed by atoms with Crippen molar-refractivity contribution in [2.24, 2.45) is 5.92 Å². The number of carbonyl (C=O) groups is 1. The first-order valence-electron chi connectivity index (χ1n) is 10.3. The van der Waals surface area contributed by atoms with Gasteiger partial charge in [0.1, 0.15) is 6.29 Å². The molecule has 0 saturated carbocycles.